The third-order valence-corrected chi connectivity index (χ3v) is 6.02. The lowest BCUT2D eigenvalue weighted by atomic mass is 10.1. The van der Waals surface area contributed by atoms with Gasteiger partial charge in [-0.2, -0.15) is 0 Å². The van der Waals surface area contributed by atoms with E-state index in [9.17, 15) is 0 Å². The standard InChI is InChI=1S/C10H16S2/c1-7-8(2)12-10-6-4-3-5-9(10)11-7/h7-8H,3-6H2,1-2H3. The lowest BCUT2D eigenvalue weighted by Gasteiger charge is -2.31. The van der Waals surface area contributed by atoms with Crippen molar-refractivity contribution in [2.24, 2.45) is 0 Å². The Hall–Kier alpha value is 0.440. The highest BCUT2D eigenvalue weighted by Gasteiger charge is 2.26. The molecule has 0 saturated carbocycles. The summed E-state index contributed by atoms with van der Waals surface area (Å²) in [4.78, 5) is 3.44. The zero-order valence-electron chi connectivity index (χ0n) is 7.80. The molecule has 0 aromatic rings. The van der Waals surface area contributed by atoms with Crippen LogP contribution in [0.1, 0.15) is 39.5 Å². The van der Waals surface area contributed by atoms with Gasteiger partial charge in [0.25, 0.3) is 0 Å². The quantitative estimate of drug-likeness (QED) is 0.579. The minimum Gasteiger partial charge on any atom is -0.125 e. The first-order chi connectivity index (χ1) is 5.77. The van der Waals surface area contributed by atoms with Crippen molar-refractivity contribution < 1.29 is 0 Å². The van der Waals surface area contributed by atoms with E-state index in [0.717, 1.165) is 10.5 Å². The Balaban J connectivity index is 2.15. The molecule has 1 heterocycles. The largest absolute Gasteiger partial charge is 0.125 e. The van der Waals surface area contributed by atoms with Crippen LogP contribution < -0.4 is 0 Å². The van der Waals surface area contributed by atoms with Crippen molar-refractivity contribution in [2.75, 3.05) is 0 Å². The first kappa shape index (κ1) is 9.01. The van der Waals surface area contributed by atoms with Gasteiger partial charge in [0.15, 0.2) is 0 Å². The molecule has 2 aliphatic rings. The Labute approximate surface area is 83.6 Å². The molecule has 2 unspecified atom stereocenters. The van der Waals surface area contributed by atoms with E-state index in [4.69, 9.17) is 0 Å². The van der Waals surface area contributed by atoms with Gasteiger partial charge in [0.1, 0.15) is 0 Å². The van der Waals surface area contributed by atoms with Crippen LogP contribution in [0.4, 0.5) is 0 Å². The van der Waals surface area contributed by atoms with E-state index in [0.29, 0.717) is 0 Å². The average molecular weight is 200 g/mol. The number of allylic oxidation sites excluding steroid dienone is 2. The van der Waals surface area contributed by atoms with Crippen molar-refractivity contribution in [3.63, 3.8) is 0 Å². The van der Waals surface area contributed by atoms with E-state index in [1.54, 1.807) is 9.81 Å². The predicted molar refractivity (Wildman–Crippen MR) is 59.6 cm³/mol. The SMILES string of the molecule is CC1SC2=C(CCCC2)SC1C. The third kappa shape index (κ3) is 1.69. The summed E-state index contributed by atoms with van der Waals surface area (Å²) >= 11 is 4.27. The molecule has 0 spiro atoms. The van der Waals surface area contributed by atoms with E-state index < -0.39 is 0 Å². The fourth-order valence-corrected chi connectivity index (χ4v) is 4.63. The van der Waals surface area contributed by atoms with Crippen LogP contribution in [0, 0.1) is 0 Å². The van der Waals surface area contributed by atoms with Crippen LogP contribution in [0.3, 0.4) is 0 Å². The molecule has 0 amide bonds. The van der Waals surface area contributed by atoms with E-state index >= 15 is 0 Å². The Kier molecular flexibility index (Phi) is 2.75. The maximum Gasteiger partial charge on any atom is 0.0183 e. The van der Waals surface area contributed by atoms with Crippen molar-refractivity contribution in [1.29, 1.82) is 0 Å². The molecular formula is C10H16S2. The fourth-order valence-electron chi connectivity index (χ4n) is 1.74. The molecule has 0 nitrogen and oxygen atoms in total. The Morgan fingerprint density at radius 1 is 0.917 bits per heavy atom. The highest BCUT2D eigenvalue weighted by molar-refractivity contribution is 8.10. The summed E-state index contributed by atoms with van der Waals surface area (Å²) in [6, 6.07) is 0. The summed E-state index contributed by atoms with van der Waals surface area (Å²) in [6.07, 6.45) is 5.58. The van der Waals surface area contributed by atoms with Crippen LogP contribution in [0.5, 0.6) is 0 Å². The van der Waals surface area contributed by atoms with Gasteiger partial charge in [-0.05, 0) is 35.5 Å². The molecule has 2 atom stereocenters. The van der Waals surface area contributed by atoms with Gasteiger partial charge in [-0.25, -0.2) is 0 Å². The molecule has 2 rings (SSSR count). The number of hydrogen-bond acceptors (Lipinski definition) is 2. The summed E-state index contributed by atoms with van der Waals surface area (Å²) < 4.78 is 0. The first-order valence-corrected chi connectivity index (χ1v) is 6.58. The van der Waals surface area contributed by atoms with Crippen LogP contribution >= 0.6 is 23.5 Å². The van der Waals surface area contributed by atoms with Crippen molar-refractivity contribution in [2.45, 2.75) is 50.0 Å². The molecule has 0 aromatic heterocycles. The Morgan fingerprint density at radius 3 is 1.75 bits per heavy atom. The van der Waals surface area contributed by atoms with Crippen molar-refractivity contribution in [1.82, 2.24) is 0 Å². The fraction of sp³-hybridized carbons (Fsp3) is 0.800. The molecule has 12 heavy (non-hydrogen) atoms. The second kappa shape index (κ2) is 3.67. The molecule has 0 saturated heterocycles. The summed E-state index contributed by atoms with van der Waals surface area (Å²) in [5.41, 5.74) is 0. The van der Waals surface area contributed by atoms with Crippen LogP contribution in [0.2, 0.25) is 0 Å². The number of rotatable bonds is 0. The number of hydrogen-bond donors (Lipinski definition) is 0. The van der Waals surface area contributed by atoms with Gasteiger partial charge in [0, 0.05) is 10.5 Å². The molecule has 0 bridgehead atoms. The zero-order chi connectivity index (χ0) is 8.55. The molecule has 0 fully saturated rings. The van der Waals surface area contributed by atoms with Gasteiger partial charge >= 0.3 is 0 Å². The van der Waals surface area contributed by atoms with Crippen molar-refractivity contribution in [3.05, 3.63) is 9.81 Å². The molecule has 0 N–H and O–H groups in total. The molecule has 1 aliphatic heterocycles. The smallest absolute Gasteiger partial charge is 0.0183 e. The minimum atomic E-state index is 0.826. The monoisotopic (exact) mass is 200 g/mol. The van der Waals surface area contributed by atoms with E-state index in [1.807, 2.05) is 0 Å². The summed E-state index contributed by atoms with van der Waals surface area (Å²) in [5.74, 6) is 0. The predicted octanol–water partition coefficient (Wildman–Crippen LogP) is 4.03. The van der Waals surface area contributed by atoms with Gasteiger partial charge in [0.2, 0.25) is 0 Å². The summed E-state index contributed by atoms with van der Waals surface area (Å²) in [6.45, 7) is 4.72. The maximum atomic E-state index is 2.36. The van der Waals surface area contributed by atoms with Crippen LogP contribution in [-0.4, -0.2) is 10.5 Å². The summed E-state index contributed by atoms with van der Waals surface area (Å²) in [5, 5.41) is 1.65. The first-order valence-electron chi connectivity index (χ1n) is 4.82. The van der Waals surface area contributed by atoms with Crippen LogP contribution in [0.25, 0.3) is 0 Å². The van der Waals surface area contributed by atoms with E-state index in [-0.39, 0.29) is 0 Å². The third-order valence-electron chi connectivity index (χ3n) is 2.69. The second-order valence-corrected chi connectivity index (χ2v) is 6.64. The highest BCUT2D eigenvalue weighted by atomic mass is 32.2. The Bertz CT molecular complexity index is 186. The van der Waals surface area contributed by atoms with Gasteiger partial charge in [-0.15, -0.1) is 23.5 Å². The molecule has 68 valence electrons. The van der Waals surface area contributed by atoms with Crippen molar-refractivity contribution >= 4 is 23.5 Å². The normalized spacial score (nSPS) is 36.5. The number of thioether (sulfide) groups is 2. The lowest BCUT2D eigenvalue weighted by molar-refractivity contribution is 0.711. The molecule has 0 aromatic carbocycles. The Morgan fingerprint density at radius 2 is 1.33 bits per heavy atom. The van der Waals surface area contributed by atoms with Crippen LogP contribution in [0.15, 0.2) is 9.81 Å². The van der Waals surface area contributed by atoms with Crippen LogP contribution in [-0.2, 0) is 0 Å². The molecule has 0 radical (unpaired) electrons. The molecular weight excluding hydrogens is 184 g/mol. The van der Waals surface area contributed by atoms with Gasteiger partial charge in [-0.3, -0.25) is 0 Å². The van der Waals surface area contributed by atoms with Crippen molar-refractivity contribution in [3.8, 4) is 0 Å². The second-order valence-electron chi connectivity index (χ2n) is 3.70. The van der Waals surface area contributed by atoms with E-state index in [1.165, 1.54) is 25.7 Å². The van der Waals surface area contributed by atoms with Gasteiger partial charge < -0.3 is 0 Å². The lowest BCUT2D eigenvalue weighted by Crippen LogP contribution is -2.18. The average Bonchev–Trinajstić information content (AvgIpc) is 2.07. The maximum absolute atomic E-state index is 2.36. The van der Waals surface area contributed by atoms with Gasteiger partial charge in [-0.1, -0.05) is 13.8 Å². The van der Waals surface area contributed by atoms with Gasteiger partial charge in [0.05, 0.1) is 0 Å². The summed E-state index contributed by atoms with van der Waals surface area (Å²) in [7, 11) is 0. The molecule has 1 aliphatic carbocycles. The topological polar surface area (TPSA) is 0 Å². The molecule has 2 heteroatoms. The minimum absolute atomic E-state index is 0.826. The van der Waals surface area contributed by atoms with E-state index in [2.05, 4.69) is 37.4 Å². The highest BCUT2D eigenvalue weighted by Crippen LogP contribution is 2.48. The zero-order valence-corrected chi connectivity index (χ0v) is 9.43.